The highest BCUT2D eigenvalue weighted by Crippen LogP contribution is 2.11. The van der Waals surface area contributed by atoms with E-state index < -0.39 is 11.9 Å². The third kappa shape index (κ3) is 6.06. The standard InChI is InChI=1S/C10H19NO4/c1-3-11(4-2)8(7-10(14)15)5-6-9(12)13/h8H,3-7H2,1-2H3,(H,12,13)(H,14,15). The third-order valence-electron chi connectivity index (χ3n) is 2.43. The Kier molecular flexibility index (Phi) is 6.70. The average molecular weight is 217 g/mol. The monoisotopic (exact) mass is 217 g/mol. The largest absolute Gasteiger partial charge is 0.481 e. The van der Waals surface area contributed by atoms with Crippen LogP contribution in [0.3, 0.4) is 0 Å². The summed E-state index contributed by atoms with van der Waals surface area (Å²) in [5, 5.41) is 17.3. The molecule has 88 valence electrons. The van der Waals surface area contributed by atoms with Gasteiger partial charge in [-0.15, -0.1) is 0 Å². The number of carbonyl (C=O) groups is 2. The second-order valence-electron chi connectivity index (χ2n) is 3.41. The van der Waals surface area contributed by atoms with Gasteiger partial charge >= 0.3 is 11.9 Å². The predicted octanol–water partition coefficient (Wildman–Crippen LogP) is 1.04. The first-order valence-corrected chi connectivity index (χ1v) is 5.18. The van der Waals surface area contributed by atoms with E-state index in [-0.39, 0.29) is 18.9 Å². The van der Waals surface area contributed by atoms with E-state index in [2.05, 4.69) is 0 Å². The lowest BCUT2D eigenvalue weighted by Crippen LogP contribution is -2.37. The van der Waals surface area contributed by atoms with Gasteiger partial charge in [-0.1, -0.05) is 13.8 Å². The van der Waals surface area contributed by atoms with E-state index >= 15 is 0 Å². The molecule has 0 aliphatic heterocycles. The summed E-state index contributed by atoms with van der Waals surface area (Å²) >= 11 is 0. The van der Waals surface area contributed by atoms with E-state index in [9.17, 15) is 9.59 Å². The lowest BCUT2D eigenvalue weighted by atomic mass is 10.1. The SMILES string of the molecule is CCN(CC)C(CCC(=O)O)CC(=O)O. The van der Waals surface area contributed by atoms with E-state index in [1.807, 2.05) is 18.7 Å². The third-order valence-corrected chi connectivity index (χ3v) is 2.43. The molecule has 0 bridgehead atoms. The fourth-order valence-electron chi connectivity index (χ4n) is 1.65. The summed E-state index contributed by atoms with van der Waals surface area (Å²) in [6.45, 7) is 5.38. The first kappa shape index (κ1) is 13.9. The molecule has 0 aliphatic rings. The van der Waals surface area contributed by atoms with Crippen molar-refractivity contribution in [1.82, 2.24) is 4.90 Å². The smallest absolute Gasteiger partial charge is 0.304 e. The summed E-state index contributed by atoms with van der Waals surface area (Å²) in [7, 11) is 0. The van der Waals surface area contributed by atoms with E-state index in [0.717, 1.165) is 13.1 Å². The predicted molar refractivity (Wildman–Crippen MR) is 55.8 cm³/mol. The molecule has 0 aliphatic carbocycles. The number of nitrogens with zero attached hydrogens (tertiary/aromatic N) is 1. The maximum absolute atomic E-state index is 10.6. The fraction of sp³-hybridized carbons (Fsp3) is 0.800. The molecule has 0 radical (unpaired) electrons. The van der Waals surface area contributed by atoms with Crippen LogP contribution in [0, 0.1) is 0 Å². The van der Waals surface area contributed by atoms with Gasteiger partial charge in [-0.05, 0) is 19.5 Å². The Morgan fingerprint density at radius 2 is 1.67 bits per heavy atom. The number of rotatable bonds is 8. The molecule has 15 heavy (non-hydrogen) atoms. The van der Waals surface area contributed by atoms with Crippen LogP contribution >= 0.6 is 0 Å². The summed E-state index contributed by atoms with van der Waals surface area (Å²) in [4.78, 5) is 23.0. The van der Waals surface area contributed by atoms with Crippen molar-refractivity contribution < 1.29 is 19.8 Å². The minimum atomic E-state index is -0.878. The van der Waals surface area contributed by atoms with Gasteiger partial charge in [0.15, 0.2) is 0 Å². The molecule has 5 heteroatoms. The fourth-order valence-corrected chi connectivity index (χ4v) is 1.65. The van der Waals surface area contributed by atoms with Gasteiger partial charge in [-0.3, -0.25) is 9.59 Å². The van der Waals surface area contributed by atoms with Crippen LogP contribution in [-0.4, -0.2) is 46.2 Å². The molecule has 0 aromatic carbocycles. The number of hydrogen-bond donors (Lipinski definition) is 2. The first-order chi connectivity index (χ1) is 7.01. The summed E-state index contributed by atoms with van der Waals surface area (Å²) in [6, 6.07) is -0.173. The van der Waals surface area contributed by atoms with E-state index in [1.165, 1.54) is 0 Å². The van der Waals surface area contributed by atoms with E-state index in [4.69, 9.17) is 10.2 Å². The zero-order valence-corrected chi connectivity index (χ0v) is 9.27. The van der Waals surface area contributed by atoms with Crippen molar-refractivity contribution in [3.63, 3.8) is 0 Å². The number of carboxylic acid groups (broad SMARTS) is 2. The lowest BCUT2D eigenvalue weighted by molar-refractivity contribution is -0.140. The molecule has 0 aromatic rings. The molecule has 0 heterocycles. The Balaban J connectivity index is 4.27. The number of carboxylic acids is 2. The van der Waals surface area contributed by atoms with Crippen molar-refractivity contribution in [3.8, 4) is 0 Å². The van der Waals surface area contributed by atoms with Gasteiger partial charge in [0, 0.05) is 12.5 Å². The van der Waals surface area contributed by atoms with Crippen LogP contribution in [-0.2, 0) is 9.59 Å². The minimum Gasteiger partial charge on any atom is -0.481 e. The zero-order valence-electron chi connectivity index (χ0n) is 9.27. The Bertz CT molecular complexity index is 213. The summed E-state index contributed by atoms with van der Waals surface area (Å²) in [6.07, 6.45) is 0.423. The van der Waals surface area contributed by atoms with Gasteiger partial charge in [0.1, 0.15) is 0 Å². The van der Waals surface area contributed by atoms with Crippen molar-refractivity contribution in [2.75, 3.05) is 13.1 Å². The average Bonchev–Trinajstić information content (AvgIpc) is 2.14. The molecule has 5 nitrogen and oxygen atoms in total. The quantitative estimate of drug-likeness (QED) is 0.635. The Morgan fingerprint density at radius 3 is 2.00 bits per heavy atom. The van der Waals surface area contributed by atoms with Gasteiger partial charge < -0.3 is 15.1 Å². The van der Waals surface area contributed by atoms with Gasteiger partial charge in [0.2, 0.25) is 0 Å². The molecule has 0 saturated carbocycles. The summed E-state index contributed by atoms with van der Waals surface area (Å²) in [5.41, 5.74) is 0. The molecule has 0 amide bonds. The molecule has 1 unspecified atom stereocenters. The van der Waals surface area contributed by atoms with Gasteiger partial charge in [0.25, 0.3) is 0 Å². The normalized spacial score (nSPS) is 12.7. The zero-order chi connectivity index (χ0) is 11.8. The van der Waals surface area contributed by atoms with Crippen molar-refractivity contribution in [2.45, 2.75) is 39.2 Å². The van der Waals surface area contributed by atoms with Crippen LogP contribution in [0.5, 0.6) is 0 Å². The molecular formula is C10H19NO4. The molecule has 0 saturated heterocycles. The van der Waals surface area contributed by atoms with Crippen molar-refractivity contribution in [1.29, 1.82) is 0 Å². The lowest BCUT2D eigenvalue weighted by Gasteiger charge is -2.28. The minimum absolute atomic E-state index is 0.00889. The van der Waals surface area contributed by atoms with Crippen LogP contribution in [0.4, 0.5) is 0 Å². The topological polar surface area (TPSA) is 77.8 Å². The van der Waals surface area contributed by atoms with Crippen molar-refractivity contribution in [2.24, 2.45) is 0 Å². The van der Waals surface area contributed by atoms with Crippen molar-refractivity contribution >= 4 is 11.9 Å². The van der Waals surface area contributed by atoms with Crippen LogP contribution < -0.4 is 0 Å². The molecule has 0 spiro atoms. The molecular weight excluding hydrogens is 198 g/mol. The van der Waals surface area contributed by atoms with Gasteiger partial charge in [0.05, 0.1) is 6.42 Å². The maximum atomic E-state index is 10.6. The second kappa shape index (κ2) is 7.23. The van der Waals surface area contributed by atoms with Crippen LogP contribution in [0.25, 0.3) is 0 Å². The molecule has 0 aromatic heterocycles. The summed E-state index contributed by atoms with van der Waals surface area (Å²) in [5.74, 6) is -1.75. The Hall–Kier alpha value is -1.10. The molecule has 0 fully saturated rings. The highest BCUT2D eigenvalue weighted by molar-refractivity contribution is 5.68. The van der Waals surface area contributed by atoms with Crippen LogP contribution in [0.2, 0.25) is 0 Å². The number of aliphatic carboxylic acids is 2. The number of hydrogen-bond acceptors (Lipinski definition) is 3. The highest BCUT2D eigenvalue weighted by Gasteiger charge is 2.19. The molecule has 2 N–H and O–H groups in total. The van der Waals surface area contributed by atoms with E-state index in [1.54, 1.807) is 0 Å². The molecule has 0 rings (SSSR count). The van der Waals surface area contributed by atoms with Crippen LogP contribution in [0.15, 0.2) is 0 Å². The molecule has 1 atom stereocenters. The Labute approximate surface area is 89.7 Å². The van der Waals surface area contributed by atoms with Crippen LogP contribution in [0.1, 0.15) is 33.1 Å². The van der Waals surface area contributed by atoms with Gasteiger partial charge in [-0.2, -0.15) is 0 Å². The van der Waals surface area contributed by atoms with E-state index in [0.29, 0.717) is 6.42 Å². The van der Waals surface area contributed by atoms with Crippen molar-refractivity contribution in [3.05, 3.63) is 0 Å². The maximum Gasteiger partial charge on any atom is 0.304 e. The summed E-state index contributed by atoms with van der Waals surface area (Å²) < 4.78 is 0. The van der Waals surface area contributed by atoms with Gasteiger partial charge in [-0.25, -0.2) is 0 Å². The first-order valence-electron chi connectivity index (χ1n) is 5.18. The highest BCUT2D eigenvalue weighted by atomic mass is 16.4. The second-order valence-corrected chi connectivity index (χ2v) is 3.41. The Morgan fingerprint density at radius 1 is 1.13 bits per heavy atom.